The Morgan fingerprint density at radius 2 is 2.14 bits per heavy atom. The van der Waals surface area contributed by atoms with Crippen molar-refractivity contribution in [3.8, 4) is 0 Å². The molecule has 2 aromatic rings. The van der Waals surface area contributed by atoms with Crippen LogP contribution in [0.3, 0.4) is 0 Å². The average molecular weight is 288 g/mol. The van der Waals surface area contributed by atoms with Crippen molar-refractivity contribution in [2.45, 2.75) is 20.4 Å². The van der Waals surface area contributed by atoms with Crippen LogP contribution in [0.1, 0.15) is 27.2 Å². The van der Waals surface area contributed by atoms with Gasteiger partial charge in [-0.3, -0.25) is 19.6 Å². The van der Waals surface area contributed by atoms with E-state index in [2.05, 4.69) is 10.4 Å². The smallest absolute Gasteiger partial charge is 0.273 e. The van der Waals surface area contributed by atoms with Crippen LogP contribution in [-0.4, -0.2) is 20.6 Å². The SMILES string of the molecule is Cc1nn(C)cc1CNC(=O)c1cccc([N+](=O)[O-])c1C. The van der Waals surface area contributed by atoms with E-state index in [0.717, 1.165) is 11.3 Å². The lowest BCUT2D eigenvalue weighted by molar-refractivity contribution is -0.385. The van der Waals surface area contributed by atoms with Gasteiger partial charge in [0, 0.05) is 42.5 Å². The summed E-state index contributed by atoms with van der Waals surface area (Å²) in [6.07, 6.45) is 1.83. The lowest BCUT2D eigenvalue weighted by Crippen LogP contribution is -2.24. The molecule has 1 N–H and O–H groups in total. The van der Waals surface area contributed by atoms with Crippen LogP contribution in [0, 0.1) is 24.0 Å². The minimum absolute atomic E-state index is 0.0554. The molecule has 0 aliphatic carbocycles. The van der Waals surface area contributed by atoms with Gasteiger partial charge in [-0.15, -0.1) is 0 Å². The number of nitrogens with zero attached hydrogens (tertiary/aromatic N) is 3. The van der Waals surface area contributed by atoms with Gasteiger partial charge in [0.25, 0.3) is 11.6 Å². The van der Waals surface area contributed by atoms with Crippen LogP contribution < -0.4 is 5.32 Å². The Kier molecular flexibility index (Phi) is 4.02. The monoisotopic (exact) mass is 288 g/mol. The summed E-state index contributed by atoms with van der Waals surface area (Å²) in [5.41, 5.74) is 2.37. The van der Waals surface area contributed by atoms with Crippen LogP contribution in [-0.2, 0) is 13.6 Å². The average Bonchev–Trinajstić information content (AvgIpc) is 2.74. The quantitative estimate of drug-likeness (QED) is 0.687. The first-order valence-corrected chi connectivity index (χ1v) is 6.41. The number of nitro groups is 1. The molecule has 0 aliphatic rings. The van der Waals surface area contributed by atoms with Gasteiger partial charge in [0.2, 0.25) is 0 Å². The van der Waals surface area contributed by atoms with E-state index < -0.39 is 4.92 Å². The van der Waals surface area contributed by atoms with Crippen LogP contribution in [0.5, 0.6) is 0 Å². The van der Waals surface area contributed by atoms with Gasteiger partial charge < -0.3 is 5.32 Å². The topological polar surface area (TPSA) is 90.1 Å². The molecule has 0 spiro atoms. The highest BCUT2D eigenvalue weighted by atomic mass is 16.6. The van der Waals surface area contributed by atoms with Gasteiger partial charge in [0.1, 0.15) is 0 Å². The Balaban J connectivity index is 2.16. The van der Waals surface area contributed by atoms with Crippen LogP contribution in [0.2, 0.25) is 0 Å². The fourth-order valence-corrected chi connectivity index (χ4v) is 2.16. The van der Waals surface area contributed by atoms with Crippen molar-refractivity contribution < 1.29 is 9.72 Å². The summed E-state index contributed by atoms with van der Waals surface area (Å²) in [7, 11) is 1.81. The molecule has 0 atom stereocenters. The number of amides is 1. The normalized spacial score (nSPS) is 10.4. The maximum atomic E-state index is 12.2. The maximum Gasteiger partial charge on any atom is 0.273 e. The first kappa shape index (κ1) is 14.7. The molecule has 2 rings (SSSR count). The summed E-state index contributed by atoms with van der Waals surface area (Å²) in [6, 6.07) is 4.47. The van der Waals surface area contributed by atoms with Gasteiger partial charge in [0.15, 0.2) is 0 Å². The van der Waals surface area contributed by atoms with E-state index in [1.54, 1.807) is 17.7 Å². The molecule has 1 heterocycles. The number of hydrogen-bond donors (Lipinski definition) is 1. The highest BCUT2D eigenvalue weighted by molar-refractivity contribution is 5.96. The minimum atomic E-state index is -0.489. The lowest BCUT2D eigenvalue weighted by atomic mass is 10.1. The Morgan fingerprint density at radius 3 is 2.71 bits per heavy atom. The van der Waals surface area contributed by atoms with Crippen molar-refractivity contribution in [3.63, 3.8) is 0 Å². The molecule has 0 unspecified atom stereocenters. The number of aromatic nitrogens is 2. The van der Waals surface area contributed by atoms with Crippen molar-refractivity contribution in [3.05, 3.63) is 56.9 Å². The standard InChI is InChI=1S/C14H16N4O3/c1-9-12(5-4-6-13(9)18(20)21)14(19)15-7-11-8-17(3)16-10(11)2/h4-6,8H,7H2,1-3H3,(H,15,19). The molecule has 0 aliphatic heterocycles. The highest BCUT2D eigenvalue weighted by Gasteiger charge is 2.18. The van der Waals surface area contributed by atoms with E-state index in [9.17, 15) is 14.9 Å². The molecular formula is C14H16N4O3. The lowest BCUT2D eigenvalue weighted by Gasteiger charge is -2.07. The van der Waals surface area contributed by atoms with Gasteiger partial charge in [-0.1, -0.05) is 6.07 Å². The van der Waals surface area contributed by atoms with Gasteiger partial charge in [0.05, 0.1) is 10.6 Å². The highest BCUT2D eigenvalue weighted by Crippen LogP contribution is 2.21. The second kappa shape index (κ2) is 5.74. The number of nitrogens with one attached hydrogen (secondary N) is 1. The molecule has 0 saturated heterocycles. The molecular weight excluding hydrogens is 272 g/mol. The van der Waals surface area contributed by atoms with E-state index in [1.165, 1.54) is 12.1 Å². The van der Waals surface area contributed by atoms with Gasteiger partial charge in [-0.25, -0.2) is 0 Å². The Labute approximate surface area is 121 Å². The molecule has 0 bridgehead atoms. The summed E-state index contributed by atoms with van der Waals surface area (Å²) in [5, 5.41) is 17.8. The van der Waals surface area contributed by atoms with Crippen LogP contribution in [0.4, 0.5) is 5.69 Å². The summed E-state index contributed by atoms with van der Waals surface area (Å²) < 4.78 is 1.68. The molecule has 1 aromatic carbocycles. The van der Waals surface area contributed by atoms with E-state index in [4.69, 9.17) is 0 Å². The number of benzene rings is 1. The third-order valence-electron chi connectivity index (χ3n) is 3.30. The third kappa shape index (κ3) is 3.07. The summed E-state index contributed by atoms with van der Waals surface area (Å²) in [4.78, 5) is 22.6. The Morgan fingerprint density at radius 1 is 1.43 bits per heavy atom. The molecule has 7 heteroatoms. The molecule has 1 aromatic heterocycles. The van der Waals surface area contributed by atoms with Crippen molar-refractivity contribution in [2.24, 2.45) is 7.05 Å². The fourth-order valence-electron chi connectivity index (χ4n) is 2.16. The Hall–Kier alpha value is -2.70. The molecule has 0 saturated carbocycles. The van der Waals surface area contributed by atoms with Crippen LogP contribution in [0.25, 0.3) is 0 Å². The first-order valence-electron chi connectivity index (χ1n) is 6.41. The molecule has 7 nitrogen and oxygen atoms in total. The van der Waals surface area contributed by atoms with E-state index in [-0.39, 0.29) is 11.6 Å². The van der Waals surface area contributed by atoms with Crippen LogP contribution in [0.15, 0.2) is 24.4 Å². The maximum absolute atomic E-state index is 12.2. The summed E-state index contributed by atoms with van der Waals surface area (Å²) in [5.74, 6) is -0.334. The number of aryl methyl sites for hydroxylation is 2. The number of nitro benzene ring substituents is 1. The van der Waals surface area contributed by atoms with Crippen molar-refractivity contribution in [2.75, 3.05) is 0 Å². The zero-order chi connectivity index (χ0) is 15.6. The minimum Gasteiger partial charge on any atom is -0.348 e. The van der Waals surface area contributed by atoms with Gasteiger partial charge >= 0.3 is 0 Å². The predicted molar refractivity (Wildman–Crippen MR) is 76.9 cm³/mol. The molecule has 1 amide bonds. The number of rotatable bonds is 4. The molecule has 21 heavy (non-hydrogen) atoms. The second-order valence-electron chi connectivity index (χ2n) is 4.80. The third-order valence-corrected chi connectivity index (χ3v) is 3.30. The zero-order valence-corrected chi connectivity index (χ0v) is 12.1. The van der Waals surface area contributed by atoms with Gasteiger partial charge in [-0.2, -0.15) is 5.10 Å². The molecule has 0 fully saturated rings. The van der Waals surface area contributed by atoms with E-state index in [0.29, 0.717) is 17.7 Å². The number of carbonyl (C=O) groups excluding carboxylic acids is 1. The second-order valence-corrected chi connectivity index (χ2v) is 4.80. The molecule has 110 valence electrons. The Bertz CT molecular complexity index is 706. The molecule has 0 radical (unpaired) electrons. The summed E-state index contributed by atoms with van der Waals surface area (Å²) in [6.45, 7) is 3.77. The first-order chi connectivity index (χ1) is 9.90. The van der Waals surface area contributed by atoms with E-state index >= 15 is 0 Å². The van der Waals surface area contributed by atoms with Gasteiger partial charge in [-0.05, 0) is 19.9 Å². The van der Waals surface area contributed by atoms with Crippen molar-refractivity contribution >= 4 is 11.6 Å². The number of hydrogen-bond acceptors (Lipinski definition) is 4. The van der Waals surface area contributed by atoms with Crippen molar-refractivity contribution in [1.29, 1.82) is 0 Å². The summed E-state index contributed by atoms with van der Waals surface area (Å²) >= 11 is 0. The predicted octanol–water partition coefficient (Wildman–Crippen LogP) is 1.88. The van der Waals surface area contributed by atoms with E-state index in [1.807, 2.05) is 20.2 Å². The van der Waals surface area contributed by atoms with Crippen LogP contribution >= 0.6 is 0 Å². The fraction of sp³-hybridized carbons (Fsp3) is 0.286. The number of carbonyl (C=O) groups is 1. The zero-order valence-electron chi connectivity index (χ0n) is 12.1. The largest absolute Gasteiger partial charge is 0.348 e. The van der Waals surface area contributed by atoms with Crippen molar-refractivity contribution in [1.82, 2.24) is 15.1 Å².